The van der Waals surface area contributed by atoms with Gasteiger partial charge in [-0.15, -0.1) is 0 Å². The Morgan fingerprint density at radius 2 is 1.78 bits per heavy atom. The summed E-state index contributed by atoms with van der Waals surface area (Å²) >= 11 is 0. The summed E-state index contributed by atoms with van der Waals surface area (Å²) in [6.45, 7) is 11.3. The average Bonchev–Trinajstić information content (AvgIpc) is 3.33. The zero-order valence-corrected chi connectivity index (χ0v) is 16.2. The minimum atomic E-state index is -0.317. The van der Waals surface area contributed by atoms with Crippen molar-refractivity contribution in [2.75, 3.05) is 49.1 Å². The third kappa shape index (κ3) is 3.90. The molecule has 2 aromatic rings. The standard InChI is InChI=1S/C19H28FN7/c1-3-27-14-16(15(2)23-27)13-24-8-10-26(11-9-24)19-21-12-17(20)18(22-19)25-6-4-5-7-25/h12,14H,3-11,13H2,1-2H3. The molecular formula is C19H28FN7. The molecule has 2 aliphatic heterocycles. The topological polar surface area (TPSA) is 53.3 Å². The van der Waals surface area contributed by atoms with Crippen molar-refractivity contribution in [3.05, 3.63) is 29.5 Å². The number of aromatic nitrogens is 4. The highest BCUT2D eigenvalue weighted by atomic mass is 19.1. The fraction of sp³-hybridized carbons (Fsp3) is 0.632. The molecule has 146 valence electrons. The van der Waals surface area contributed by atoms with Gasteiger partial charge in [-0.1, -0.05) is 0 Å². The number of hydrogen-bond acceptors (Lipinski definition) is 6. The SMILES string of the molecule is CCn1cc(CN2CCN(c3ncc(F)c(N4CCCC4)n3)CC2)c(C)n1. The summed E-state index contributed by atoms with van der Waals surface area (Å²) in [6, 6.07) is 0. The lowest BCUT2D eigenvalue weighted by atomic mass is 10.2. The van der Waals surface area contributed by atoms with Crippen LogP contribution >= 0.6 is 0 Å². The first-order valence-electron chi connectivity index (χ1n) is 9.91. The minimum absolute atomic E-state index is 0.317. The molecule has 0 radical (unpaired) electrons. The van der Waals surface area contributed by atoms with Crippen molar-refractivity contribution in [2.45, 2.75) is 39.8 Å². The molecule has 0 aromatic carbocycles. The number of anilines is 2. The Labute approximate surface area is 159 Å². The molecule has 0 saturated carbocycles. The van der Waals surface area contributed by atoms with Crippen molar-refractivity contribution in [1.82, 2.24) is 24.6 Å². The van der Waals surface area contributed by atoms with Crippen LogP contribution in [-0.2, 0) is 13.1 Å². The lowest BCUT2D eigenvalue weighted by Gasteiger charge is -2.35. The van der Waals surface area contributed by atoms with E-state index in [9.17, 15) is 4.39 Å². The van der Waals surface area contributed by atoms with Crippen molar-refractivity contribution in [3.63, 3.8) is 0 Å². The molecule has 4 rings (SSSR count). The van der Waals surface area contributed by atoms with E-state index in [1.807, 2.05) is 9.58 Å². The maximum Gasteiger partial charge on any atom is 0.227 e. The number of aryl methyl sites for hydroxylation is 2. The molecule has 0 bridgehead atoms. The highest BCUT2D eigenvalue weighted by Crippen LogP contribution is 2.23. The number of hydrogen-bond donors (Lipinski definition) is 0. The normalized spacial score (nSPS) is 18.5. The highest BCUT2D eigenvalue weighted by molar-refractivity contribution is 5.46. The Hall–Kier alpha value is -2.22. The van der Waals surface area contributed by atoms with E-state index in [0.717, 1.165) is 70.9 Å². The van der Waals surface area contributed by atoms with Crippen molar-refractivity contribution >= 4 is 11.8 Å². The van der Waals surface area contributed by atoms with Crippen LogP contribution in [0.15, 0.2) is 12.4 Å². The maximum atomic E-state index is 14.2. The van der Waals surface area contributed by atoms with E-state index in [1.165, 1.54) is 11.8 Å². The van der Waals surface area contributed by atoms with E-state index >= 15 is 0 Å². The predicted octanol–water partition coefficient (Wildman–Crippen LogP) is 2.06. The third-order valence-electron chi connectivity index (χ3n) is 5.54. The molecule has 0 N–H and O–H groups in total. The van der Waals surface area contributed by atoms with Crippen molar-refractivity contribution < 1.29 is 4.39 Å². The Balaban J connectivity index is 1.39. The van der Waals surface area contributed by atoms with Gasteiger partial charge < -0.3 is 9.80 Å². The van der Waals surface area contributed by atoms with Gasteiger partial charge in [-0.3, -0.25) is 9.58 Å². The molecule has 7 nitrogen and oxygen atoms in total. The third-order valence-corrected chi connectivity index (χ3v) is 5.54. The second kappa shape index (κ2) is 7.80. The molecule has 0 aliphatic carbocycles. The van der Waals surface area contributed by atoms with Crippen molar-refractivity contribution in [1.29, 1.82) is 0 Å². The largest absolute Gasteiger partial charge is 0.354 e. The molecular weight excluding hydrogens is 345 g/mol. The monoisotopic (exact) mass is 373 g/mol. The first-order chi connectivity index (χ1) is 13.1. The molecule has 2 aromatic heterocycles. The molecule has 27 heavy (non-hydrogen) atoms. The lowest BCUT2D eigenvalue weighted by molar-refractivity contribution is 0.248. The van der Waals surface area contributed by atoms with E-state index in [-0.39, 0.29) is 5.82 Å². The Morgan fingerprint density at radius 3 is 2.44 bits per heavy atom. The van der Waals surface area contributed by atoms with Crippen LogP contribution in [0.1, 0.15) is 31.0 Å². The van der Waals surface area contributed by atoms with Crippen LogP contribution in [0.4, 0.5) is 16.2 Å². The molecule has 0 spiro atoms. The van der Waals surface area contributed by atoms with Gasteiger partial charge >= 0.3 is 0 Å². The van der Waals surface area contributed by atoms with E-state index in [0.29, 0.717) is 11.8 Å². The molecule has 2 saturated heterocycles. The summed E-state index contributed by atoms with van der Waals surface area (Å²) in [5.74, 6) is 0.790. The minimum Gasteiger partial charge on any atom is -0.354 e. The average molecular weight is 373 g/mol. The van der Waals surface area contributed by atoms with Gasteiger partial charge in [0, 0.05) is 64.1 Å². The summed E-state index contributed by atoms with van der Waals surface area (Å²) in [5.41, 5.74) is 2.40. The molecule has 2 fully saturated rings. The molecule has 0 atom stereocenters. The summed E-state index contributed by atoms with van der Waals surface area (Å²) < 4.78 is 16.2. The van der Waals surface area contributed by atoms with E-state index in [1.54, 1.807) is 0 Å². The van der Waals surface area contributed by atoms with Crippen LogP contribution in [0.5, 0.6) is 0 Å². The zero-order chi connectivity index (χ0) is 18.8. The molecule has 2 aliphatic rings. The Bertz CT molecular complexity index is 776. The zero-order valence-electron chi connectivity index (χ0n) is 16.2. The second-order valence-electron chi connectivity index (χ2n) is 7.39. The van der Waals surface area contributed by atoms with Crippen molar-refractivity contribution in [3.8, 4) is 0 Å². The molecule has 0 unspecified atom stereocenters. The Kier molecular flexibility index (Phi) is 5.24. The van der Waals surface area contributed by atoms with Crippen LogP contribution in [0.2, 0.25) is 0 Å². The van der Waals surface area contributed by atoms with Crippen LogP contribution < -0.4 is 9.80 Å². The highest BCUT2D eigenvalue weighted by Gasteiger charge is 2.23. The number of nitrogens with zero attached hydrogens (tertiary/aromatic N) is 7. The predicted molar refractivity (Wildman–Crippen MR) is 104 cm³/mol. The van der Waals surface area contributed by atoms with Crippen LogP contribution in [0, 0.1) is 12.7 Å². The first-order valence-corrected chi connectivity index (χ1v) is 9.91. The summed E-state index contributed by atoms with van der Waals surface area (Å²) in [4.78, 5) is 15.4. The second-order valence-corrected chi connectivity index (χ2v) is 7.39. The number of piperazine rings is 1. The van der Waals surface area contributed by atoms with Crippen LogP contribution in [-0.4, -0.2) is 63.9 Å². The maximum absolute atomic E-state index is 14.2. The van der Waals surface area contributed by atoms with E-state index < -0.39 is 0 Å². The number of halogens is 1. The number of rotatable bonds is 5. The quantitative estimate of drug-likeness (QED) is 0.800. The molecule has 4 heterocycles. The van der Waals surface area contributed by atoms with Crippen molar-refractivity contribution in [2.24, 2.45) is 0 Å². The summed E-state index contributed by atoms with van der Waals surface area (Å²) in [5, 5.41) is 4.53. The molecule has 0 amide bonds. The van der Waals surface area contributed by atoms with Gasteiger partial charge in [-0.05, 0) is 26.7 Å². The van der Waals surface area contributed by atoms with E-state index in [2.05, 4.69) is 44.9 Å². The van der Waals surface area contributed by atoms with E-state index in [4.69, 9.17) is 0 Å². The fourth-order valence-corrected chi connectivity index (χ4v) is 3.88. The van der Waals surface area contributed by atoms with Gasteiger partial charge in [0.1, 0.15) is 0 Å². The van der Waals surface area contributed by atoms with Gasteiger partial charge in [0.15, 0.2) is 11.6 Å². The molecule has 8 heteroatoms. The van der Waals surface area contributed by atoms with Gasteiger partial charge in [0.05, 0.1) is 11.9 Å². The van der Waals surface area contributed by atoms with Gasteiger partial charge in [-0.25, -0.2) is 9.37 Å². The van der Waals surface area contributed by atoms with Crippen LogP contribution in [0.3, 0.4) is 0 Å². The fourth-order valence-electron chi connectivity index (χ4n) is 3.88. The first kappa shape index (κ1) is 18.2. The summed E-state index contributed by atoms with van der Waals surface area (Å²) in [6.07, 6.45) is 5.68. The Morgan fingerprint density at radius 1 is 1.04 bits per heavy atom. The van der Waals surface area contributed by atoms with Crippen LogP contribution in [0.25, 0.3) is 0 Å². The lowest BCUT2D eigenvalue weighted by Crippen LogP contribution is -2.46. The van der Waals surface area contributed by atoms with Gasteiger partial charge in [0.25, 0.3) is 0 Å². The van der Waals surface area contributed by atoms with Gasteiger partial charge in [-0.2, -0.15) is 10.1 Å². The smallest absolute Gasteiger partial charge is 0.227 e. The summed E-state index contributed by atoms with van der Waals surface area (Å²) in [7, 11) is 0. The van der Waals surface area contributed by atoms with Gasteiger partial charge in [0.2, 0.25) is 5.95 Å².